The maximum absolute atomic E-state index is 6.22. The maximum Gasteiger partial charge on any atom is 0.119 e. The minimum atomic E-state index is -0.0443. The van der Waals surface area contributed by atoms with Crippen molar-refractivity contribution in [1.82, 2.24) is 0 Å². The van der Waals surface area contributed by atoms with Crippen molar-refractivity contribution in [2.45, 2.75) is 13.0 Å². The molecule has 0 aliphatic carbocycles. The molecular formula is C13H16ClNOS. The molecule has 0 spiro atoms. The minimum absolute atomic E-state index is 0. The molecule has 17 heavy (non-hydrogen) atoms. The highest BCUT2D eigenvalue weighted by atomic mass is 35.5. The van der Waals surface area contributed by atoms with Gasteiger partial charge in [-0.15, -0.1) is 12.4 Å². The molecule has 2 nitrogen and oxygen atoms in total. The summed E-state index contributed by atoms with van der Waals surface area (Å²) in [7, 11) is 1.67. The average molecular weight is 270 g/mol. The number of methoxy groups -OCH3 is 1. The van der Waals surface area contributed by atoms with E-state index in [2.05, 4.69) is 18.4 Å². The van der Waals surface area contributed by atoms with Gasteiger partial charge in [0.15, 0.2) is 0 Å². The summed E-state index contributed by atoms with van der Waals surface area (Å²) in [5.74, 6) is 0.874. The number of hydrogen-bond acceptors (Lipinski definition) is 3. The number of ether oxygens (including phenoxy) is 1. The molecule has 0 radical (unpaired) electrons. The Morgan fingerprint density at radius 3 is 2.59 bits per heavy atom. The first-order valence-corrected chi connectivity index (χ1v) is 6.09. The Bertz CT molecular complexity index is 470. The second-order valence-electron chi connectivity index (χ2n) is 3.76. The summed E-state index contributed by atoms with van der Waals surface area (Å²) in [6.07, 6.45) is 0. The van der Waals surface area contributed by atoms with E-state index in [0.717, 1.165) is 16.9 Å². The monoisotopic (exact) mass is 269 g/mol. The number of halogens is 1. The normalized spacial score (nSPS) is 11.7. The predicted octanol–water partition coefficient (Wildman–Crippen LogP) is 3.54. The lowest BCUT2D eigenvalue weighted by Crippen LogP contribution is -2.12. The highest BCUT2D eigenvalue weighted by Crippen LogP contribution is 2.26. The molecule has 0 saturated heterocycles. The molecule has 0 fully saturated rings. The van der Waals surface area contributed by atoms with Crippen molar-refractivity contribution in [2.75, 3.05) is 7.11 Å². The molecule has 1 atom stereocenters. The van der Waals surface area contributed by atoms with E-state index in [-0.39, 0.29) is 18.4 Å². The maximum atomic E-state index is 6.22. The molecule has 1 aromatic heterocycles. The smallest absolute Gasteiger partial charge is 0.119 e. The van der Waals surface area contributed by atoms with Crippen LogP contribution in [0.15, 0.2) is 35.0 Å². The van der Waals surface area contributed by atoms with Gasteiger partial charge in [0.1, 0.15) is 5.75 Å². The van der Waals surface area contributed by atoms with Crippen LogP contribution in [0.25, 0.3) is 0 Å². The van der Waals surface area contributed by atoms with Crippen LogP contribution >= 0.6 is 23.7 Å². The van der Waals surface area contributed by atoms with Crippen LogP contribution in [0.1, 0.15) is 22.7 Å². The highest BCUT2D eigenvalue weighted by molar-refractivity contribution is 7.08. The molecule has 1 aromatic carbocycles. The third-order valence-electron chi connectivity index (χ3n) is 2.71. The topological polar surface area (TPSA) is 35.2 Å². The molecule has 2 aromatic rings. The summed E-state index contributed by atoms with van der Waals surface area (Å²) < 4.78 is 5.18. The number of benzene rings is 1. The van der Waals surface area contributed by atoms with Crippen molar-refractivity contribution in [3.05, 3.63) is 51.7 Å². The van der Waals surface area contributed by atoms with Crippen LogP contribution in [0.4, 0.5) is 0 Å². The summed E-state index contributed by atoms with van der Waals surface area (Å²) in [6, 6.07) is 8.03. The van der Waals surface area contributed by atoms with Crippen LogP contribution in [-0.4, -0.2) is 7.11 Å². The molecule has 0 amide bonds. The SMILES string of the molecule is COc1ccc([C@H](N)c2ccsc2)c(C)c1.Cl. The fourth-order valence-corrected chi connectivity index (χ4v) is 2.45. The average Bonchev–Trinajstić information content (AvgIpc) is 2.81. The van der Waals surface area contributed by atoms with E-state index >= 15 is 0 Å². The molecule has 0 saturated carbocycles. The van der Waals surface area contributed by atoms with Gasteiger partial charge in [-0.2, -0.15) is 11.3 Å². The van der Waals surface area contributed by atoms with E-state index in [4.69, 9.17) is 10.5 Å². The van der Waals surface area contributed by atoms with E-state index in [1.54, 1.807) is 18.4 Å². The summed E-state index contributed by atoms with van der Waals surface area (Å²) in [4.78, 5) is 0. The standard InChI is InChI=1S/C13H15NOS.ClH/c1-9-7-11(15-2)3-4-12(9)13(14)10-5-6-16-8-10;/h3-8,13H,14H2,1-2H3;1H/t13-;/m1./s1. The van der Waals surface area contributed by atoms with Crippen LogP contribution in [0.5, 0.6) is 5.75 Å². The van der Waals surface area contributed by atoms with E-state index in [0.29, 0.717) is 0 Å². The fraction of sp³-hybridized carbons (Fsp3) is 0.231. The second-order valence-corrected chi connectivity index (χ2v) is 4.54. The summed E-state index contributed by atoms with van der Waals surface area (Å²) in [5, 5.41) is 4.14. The van der Waals surface area contributed by atoms with Crippen molar-refractivity contribution >= 4 is 23.7 Å². The molecule has 0 aliphatic heterocycles. The zero-order valence-corrected chi connectivity index (χ0v) is 11.5. The quantitative estimate of drug-likeness (QED) is 0.925. The van der Waals surface area contributed by atoms with Crippen LogP contribution in [0.2, 0.25) is 0 Å². The molecular weight excluding hydrogens is 254 g/mol. The lowest BCUT2D eigenvalue weighted by Gasteiger charge is -2.14. The third-order valence-corrected chi connectivity index (χ3v) is 3.42. The Labute approximate surface area is 112 Å². The molecule has 1 heterocycles. The van der Waals surface area contributed by atoms with Crippen LogP contribution in [0, 0.1) is 6.92 Å². The Morgan fingerprint density at radius 1 is 1.29 bits per heavy atom. The van der Waals surface area contributed by atoms with E-state index in [9.17, 15) is 0 Å². The second kappa shape index (κ2) is 6.05. The van der Waals surface area contributed by atoms with Gasteiger partial charge in [0.25, 0.3) is 0 Å². The molecule has 0 aliphatic rings. The number of rotatable bonds is 3. The zero-order valence-electron chi connectivity index (χ0n) is 9.84. The lowest BCUT2D eigenvalue weighted by atomic mass is 9.97. The Hall–Kier alpha value is -1.03. The van der Waals surface area contributed by atoms with Crippen LogP contribution < -0.4 is 10.5 Å². The predicted molar refractivity (Wildman–Crippen MR) is 75.3 cm³/mol. The first-order valence-electron chi connectivity index (χ1n) is 5.14. The first kappa shape index (κ1) is 14.0. The van der Waals surface area contributed by atoms with Gasteiger partial charge in [-0.05, 0) is 52.6 Å². The van der Waals surface area contributed by atoms with Gasteiger partial charge in [0.05, 0.1) is 13.2 Å². The van der Waals surface area contributed by atoms with Gasteiger partial charge in [0.2, 0.25) is 0 Å². The number of hydrogen-bond donors (Lipinski definition) is 1. The van der Waals surface area contributed by atoms with Crippen molar-refractivity contribution in [3.8, 4) is 5.75 Å². The highest BCUT2D eigenvalue weighted by Gasteiger charge is 2.12. The van der Waals surface area contributed by atoms with Gasteiger partial charge >= 0.3 is 0 Å². The molecule has 2 rings (SSSR count). The van der Waals surface area contributed by atoms with Crippen molar-refractivity contribution in [3.63, 3.8) is 0 Å². The van der Waals surface area contributed by atoms with Gasteiger partial charge in [0, 0.05) is 0 Å². The van der Waals surface area contributed by atoms with Gasteiger partial charge < -0.3 is 10.5 Å². The Balaban J connectivity index is 0.00000144. The van der Waals surface area contributed by atoms with Gasteiger partial charge in [-0.25, -0.2) is 0 Å². The van der Waals surface area contributed by atoms with Crippen LogP contribution in [-0.2, 0) is 0 Å². The van der Waals surface area contributed by atoms with Gasteiger partial charge in [-0.3, -0.25) is 0 Å². The van der Waals surface area contributed by atoms with E-state index < -0.39 is 0 Å². The zero-order chi connectivity index (χ0) is 11.5. The molecule has 0 unspecified atom stereocenters. The van der Waals surface area contributed by atoms with Crippen molar-refractivity contribution < 1.29 is 4.74 Å². The molecule has 4 heteroatoms. The lowest BCUT2D eigenvalue weighted by molar-refractivity contribution is 0.414. The summed E-state index contributed by atoms with van der Waals surface area (Å²) >= 11 is 1.67. The summed E-state index contributed by atoms with van der Waals surface area (Å²) in [5.41, 5.74) is 9.70. The number of aryl methyl sites for hydroxylation is 1. The first-order chi connectivity index (χ1) is 7.72. The van der Waals surface area contributed by atoms with E-state index in [1.165, 1.54) is 5.56 Å². The summed E-state index contributed by atoms with van der Waals surface area (Å²) in [6.45, 7) is 2.06. The molecule has 92 valence electrons. The minimum Gasteiger partial charge on any atom is -0.497 e. The van der Waals surface area contributed by atoms with Crippen molar-refractivity contribution in [2.24, 2.45) is 5.73 Å². The fourth-order valence-electron chi connectivity index (χ4n) is 1.76. The number of nitrogens with two attached hydrogens (primary N) is 1. The number of thiophene rings is 1. The third kappa shape index (κ3) is 3.00. The molecule has 0 bridgehead atoms. The largest absolute Gasteiger partial charge is 0.497 e. The Kier molecular flexibility index (Phi) is 5.00. The Morgan fingerprint density at radius 2 is 2.06 bits per heavy atom. The molecule has 2 N–H and O–H groups in total. The van der Waals surface area contributed by atoms with E-state index in [1.807, 2.05) is 23.6 Å². The van der Waals surface area contributed by atoms with Crippen molar-refractivity contribution in [1.29, 1.82) is 0 Å². The van der Waals surface area contributed by atoms with Crippen LogP contribution in [0.3, 0.4) is 0 Å². The van der Waals surface area contributed by atoms with Gasteiger partial charge in [-0.1, -0.05) is 6.07 Å².